The average Bonchev–Trinajstić information content (AvgIpc) is 3.34. The molecular weight excluding hydrogens is 425 g/mol. The van der Waals surface area contributed by atoms with Gasteiger partial charge in [-0.25, -0.2) is 17.6 Å². The summed E-state index contributed by atoms with van der Waals surface area (Å²) in [6.07, 6.45) is 3.46. The number of nitrogens with two attached hydrogens (primary N) is 1. The largest absolute Gasteiger partial charge is 0.489 e. The molecule has 3 N–H and O–H groups in total. The minimum absolute atomic E-state index is 0.0398. The van der Waals surface area contributed by atoms with Gasteiger partial charge in [-0.1, -0.05) is 19.4 Å². The van der Waals surface area contributed by atoms with Crippen LogP contribution in [0.4, 0.5) is 9.18 Å². The second-order valence-electron chi connectivity index (χ2n) is 8.69. The lowest BCUT2D eigenvalue weighted by molar-refractivity contribution is -0.118. The summed E-state index contributed by atoms with van der Waals surface area (Å²) in [5.74, 6) is -1.00. The molecule has 0 bridgehead atoms. The van der Waals surface area contributed by atoms with Crippen LogP contribution in [0.3, 0.4) is 0 Å². The Morgan fingerprint density at radius 1 is 1.26 bits per heavy atom. The van der Waals surface area contributed by atoms with Crippen molar-refractivity contribution in [2.24, 2.45) is 5.73 Å². The predicted octanol–water partition coefficient (Wildman–Crippen LogP) is 1.94. The topological polar surface area (TPSA) is 119 Å². The van der Waals surface area contributed by atoms with Crippen LogP contribution in [0, 0.1) is 5.82 Å². The summed E-state index contributed by atoms with van der Waals surface area (Å²) in [6.45, 7) is 2.52. The van der Waals surface area contributed by atoms with Gasteiger partial charge in [0.25, 0.3) is 0 Å². The maximum atomic E-state index is 14.0. The molecule has 0 aromatic heterocycles. The number of ether oxygens (including phenoxy) is 1. The van der Waals surface area contributed by atoms with Gasteiger partial charge in [-0.15, -0.1) is 0 Å². The highest BCUT2D eigenvalue weighted by Crippen LogP contribution is 2.33. The third-order valence-corrected chi connectivity index (χ3v) is 7.61. The van der Waals surface area contributed by atoms with Gasteiger partial charge in [0, 0.05) is 6.54 Å². The molecule has 31 heavy (non-hydrogen) atoms. The van der Waals surface area contributed by atoms with Gasteiger partial charge >= 0.3 is 6.03 Å². The van der Waals surface area contributed by atoms with Crippen molar-refractivity contribution in [3.63, 3.8) is 0 Å². The van der Waals surface area contributed by atoms with Gasteiger partial charge in [0.15, 0.2) is 21.4 Å². The molecule has 1 aromatic rings. The minimum atomic E-state index is -3.30. The minimum Gasteiger partial charge on any atom is -0.489 e. The third-order valence-electron chi connectivity index (χ3n) is 5.69. The van der Waals surface area contributed by atoms with Crippen LogP contribution in [0.5, 0.6) is 5.75 Å². The van der Waals surface area contributed by atoms with Crippen molar-refractivity contribution in [2.45, 2.75) is 50.5 Å². The molecule has 0 unspecified atom stereocenters. The molecule has 2 fully saturated rings. The molecule has 1 aromatic carbocycles. The summed E-state index contributed by atoms with van der Waals surface area (Å²) < 4.78 is 44.6. The lowest BCUT2D eigenvalue weighted by atomic mass is 10.0. The first-order valence-electron chi connectivity index (χ1n) is 10.6. The SMILES string of the molecule is C[C@@H](CS(=O)(=O)CCCCCN1CC(=O)NC1=O)c1ccc(F)c(OCC2(N)CC2)c1. The molecule has 0 radical (unpaired) electrons. The van der Waals surface area contributed by atoms with E-state index in [-0.39, 0.29) is 47.8 Å². The molecule has 1 atom stereocenters. The molecule has 1 saturated heterocycles. The number of benzene rings is 1. The third kappa shape index (κ3) is 6.90. The molecule has 0 spiro atoms. The zero-order valence-electron chi connectivity index (χ0n) is 17.7. The van der Waals surface area contributed by atoms with Crippen LogP contribution in [0.25, 0.3) is 0 Å². The maximum absolute atomic E-state index is 14.0. The number of hydrogen-bond acceptors (Lipinski definition) is 6. The van der Waals surface area contributed by atoms with Gasteiger partial charge in [0.2, 0.25) is 5.91 Å². The molecular formula is C21H30FN3O5S. The van der Waals surface area contributed by atoms with Crippen molar-refractivity contribution < 1.29 is 27.1 Å². The van der Waals surface area contributed by atoms with E-state index in [0.717, 1.165) is 12.8 Å². The maximum Gasteiger partial charge on any atom is 0.324 e. The van der Waals surface area contributed by atoms with Crippen LogP contribution in [0.1, 0.15) is 50.5 Å². The van der Waals surface area contributed by atoms with E-state index in [1.54, 1.807) is 19.1 Å². The van der Waals surface area contributed by atoms with Gasteiger partial charge in [-0.05, 0) is 49.3 Å². The summed E-state index contributed by atoms with van der Waals surface area (Å²) in [5, 5.41) is 2.21. The average molecular weight is 456 g/mol. The van der Waals surface area contributed by atoms with Crippen LogP contribution in [-0.4, -0.2) is 62.0 Å². The van der Waals surface area contributed by atoms with E-state index >= 15 is 0 Å². The van der Waals surface area contributed by atoms with Crippen molar-refractivity contribution in [1.29, 1.82) is 0 Å². The quantitative estimate of drug-likeness (QED) is 0.367. The van der Waals surface area contributed by atoms with Crippen LogP contribution in [-0.2, 0) is 14.6 Å². The molecule has 8 nitrogen and oxygen atoms in total. The van der Waals surface area contributed by atoms with E-state index < -0.39 is 21.7 Å². The molecule has 2 aliphatic rings. The van der Waals surface area contributed by atoms with Gasteiger partial charge in [-0.3, -0.25) is 10.1 Å². The number of amides is 3. The van der Waals surface area contributed by atoms with Crippen LogP contribution >= 0.6 is 0 Å². The Labute approximate surface area is 182 Å². The fourth-order valence-electron chi connectivity index (χ4n) is 3.49. The fraction of sp³-hybridized carbons (Fsp3) is 0.619. The number of imide groups is 1. The van der Waals surface area contributed by atoms with Gasteiger partial charge in [-0.2, -0.15) is 0 Å². The molecule has 1 heterocycles. The van der Waals surface area contributed by atoms with Crippen LogP contribution in [0.15, 0.2) is 18.2 Å². The highest BCUT2D eigenvalue weighted by Gasteiger charge is 2.39. The lowest BCUT2D eigenvalue weighted by Crippen LogP contribution is -2.30. The zero-order valence-corrected chi connectivity index (χ0v) is 18.5. The normalized spacial score (nSPS) is 18.7. The zero-order chi connectivity index (χ0) is 22.6. The molecule has 1 aliphatic heterocycles. The number of halogens is 1. The van der Waals surface area contributed by atoms with Gasteiger partial charge < -0.3 is 15.4 Å². The number of carbonyl (C=O) groups excluding carboxylic acids is 2. The van der Waals surface area contributed by atoms with Crippen molar-refractivity contribution in [3.05, 3.63) is 29.6 Å². The van der Waals surface area contributed by atoms with Gasteiger partial charge in [0.05, 0.1) is 17.0 Å². The number of carbonyl (C=O) groups is 2. The summed E-state index contributed by atoms with van der Waals surface area (Å²) in [7, 11) is -3.30. The first-order valence-corrected chi connectivity index (χ1v) is 12.4. The number of hydrogen-bond donors (Lipinski definition) is 2. The van der Waals surface area contributed by atoms with E-state index in [1.165, 1.54) is 11.0 Å². The number of rotatable bonds is 12. The van der Waals surface area contributed by atoms with E-state index in [4.69, 9.17) is 10.5 Å². The highest BCUT2D eigenvalue weighted by molar-refractivity contribution is 7.91. The Morgan fingerprint density at radius 3 is 2.65 bits per heavy atom. The van der Waals surface area contributed by atoms with Crippen molar-refractivity contribution in [3.8, 4) is 5.75 Å². The predicted molar refractivity (Wildman–Crippen MR) is 114 cm³/mol. The Hall–Kier alpha value is -2.20. The second kappa shape index (κ2) is 9.52. The fourth-order valence-corrected chi connectivity index (χ4v) is 5.25. The molecule has 10 heteroatoms. The number of urea groups is 1. The Bertz CT molecular complexity index is 933. The van der Waals surface area contributed by atoms with Crippen molar-refractivity contribution in [1.82, 2.24) is 10.2 Å². The Balaban J connectivity index is 1.43. The first kappa shape index (κ1) is 23.5. The van der Waals surface area contributed by atoms with E-state index in [1.807, 2.05) is 0 Å². The second-order valence-corrected chi connectivity index (χ2v) is 10.9. The Kier molecular flexibility index (Phi) is 7.20. The Morgan fingerprint density at radius 2 is 2.00 bits per heavy atom. The van der Waals surface area contributed by atoms with Crippen LogP contribution < -0.4 is 15.8 Å². The van der Waals surface area contributed by atoms with E-state index in [2.05, 4.69) is 5.32 Å². The number of unbranched alkanes of at least 4 members (excludes halogenated alkanes) is 2. The lowest BCUT2D eigenvalue weighted by Gasteiger charge is -2.16. The summed E-state index contributed by atoms with van der Waals surface area (Å²) >= 11 is 0. The van der Waals surface area contributed by atoms with Crippen molar-refractivity contribution in [2.75, 3.05) is 31.2 Å². The number of sulfone groups is 1. The summed E-state index contributed by atoms with van der Waals surface area (Å²) in [4.78, 5) is 24.0. The standard InChI is InChI=1S/C21H30FN3O5S/c1-15(16-5-6-17(22)18(11-16)30-14-21(23)7-8-21)13-31(28,29)10-4-2-3-9-25-12-19(26)24-20(25)27/h5-6,11,15H,2-4,7-10,12-14,23H2,1H3,(H,24,26,27)/t15-/m0/s1. The summed E-state index contributed by atoms with van der Waals surface area (Å²) in [6, 6.07) is 4.04. The monoisotopic (exact) mass is 455 g/mol. The van der Waals surface area contributed by atoms with E-state index in [9.17, 15) is 22.4 Å². The van der Waals surface area contributed by atoms with Gasteiger partial charge in [0.1, 0.15) is 13.2 Å². The first-order chi connectivity index (χ1) is 14.6. The number of nitrogens with zero attached hydrogens (tertiary/aromatic N) is 1. The molecule has 172 valence electrons. The van der Waals surface area contributed by atoms with Crippen molar-refractivity contribution >= 4 is 21.8 Å². The molecule has 1 saturated carbocycles. The molecule has 1 aliphatic carbocycles. The van der Waals surface area contributed by atoms with E-state index in [0.29, 0.717) is 31.4 Å². The van der Waals surface area contributed by atoms with Crippen LogP contribution in [0.2, 0.25) is 0 Å². The molecule has 3 amide bonds. The summed E-state index contributed by atoms with van der Waals surface area (Å²) in [5.41, 5.74) is 6.31. The number of nitrogens with one attached hydrogen (secondary N) is 1. The molecule has 3 rings (SSSR count). The highest BCUT2D eigenvalue weighted by atomic mass is 32.2. The smallest absolute Gasteiger partial charge is 0.324 e.